The summed E-state index contributed by atoms with van der Waals surface area (Å²) in [5.74, 6) is -0.160. The van der Waals surface area contributed by atoms with Crippen LogP contribution in [0, 0.1) is 0 Å². The lowest BCUT2D eigenvalue weighted by molar-refractivity contribution is -0.286. The molecule has 0 amide bonds. The normalized spacial score (nSPS) is 16.4. The Kier molecular flexibility index (Phi) is 1.89. The molecule has 3 rings (SSSR count). The molecule has 88 valence electrons. The van der Waals surface area contributed by atoms with Gasteiger partial charge in [0.25, 0.3) is 0 Å². The van der Waals surface area contributed by atoms with E-state index in [2.05, 4.69) is 14.5 Å². The molecule has 0 bridgehead atoms. The lowest BCUT2D eigenvalue weighted by Crippen LogP contribution is -2.25. The largest absolute Gasteiger partial charge is 0.586 e. The number of hydrogen-bond acceptors (Lipinski definition) is 4. The standard InChI is InChI=1S/C10H5ClF2N2O2/c11-9-4-1-7-8(17-10(12,13)16-7)2-6(4)15-3-5(9)14/h1-3H,14H2. The minimum absolute atomic E-state index is 0.0733. The van der Waals surface area contributed by atoms with Crippen LogP contribution in [-0.2, 0) is 0 Å². The highest BCUT2D eigenvalue weighted by atomic mass is 35.5. The SMILES string of the molecule is Nc1cnc2cc3c(cc2c1Cl)OC(F)(F)O3. The smallest absolute Gasteiger partial charge is 0.396 e. The van der Waals surface area contributed by atoms with Crippen molar-refractivity contribution in [1.29, 1.82) is 0 Å². The average molecular weight is 259 g/mol. The first-order valence-corrected chi connectivity index (χ1v) is 4.98. The molecular weight excluding hydrogens is 254 g/mol. The fraction of sp³-hybridized carbons (Fsp3) is 0.100. The van der Waals surface area contributed by atoms with E-state index in [4.69, 9.17) is 17.3 Å². The number of pyridine rings is 1. The fourth-order valence-corrected chi connectivity index (χ4v) is 1.82. The third-order valence-corrected chi connectivity index (χ3v) is 2.77. The molecule has 0 saturated heterocycles. The molecule has 7 heteroatoms. The van der Waals surface area contributed by atoms with Gasteiger partial charge in [-0.1, -0.05) is 11.6 Å². The topological polar surface area (TPSA) is 57.4 Å². The Morgan fingerprint density at radius 1 is 1.24 bits per heavy atom. The Balaban J connectivity index is 2.27. The first kappa shape index (κ1) is 10.3. The van der Waals surface area contributed by atoms with Crippen LogP contribution >= 0.6 is 11.6 Å². The summed E-state index contributed by atoms with van der Waals surface area (Å²) in [5.41, 5.74) is 6.24. The van der Waals surface area contributed by atoms with Gasteiger partial charge < -0.3 is 15.2 Å². The van der Waals surface area contributed by atoms with E-state index in [-0.39, 0.29) is 22.2 Å². The number of halogens is 3. The summed E-state index contributed by atoms with van der Waals surface area (Å²) in [4.78, 5) is 3.98. The molecule has 1 aliphatic rings. The van der Waals surface area contributed by atoms with E-state index in [0.29, 0.717) is 10.9 Å². The summed E-state index contributed by atoms with van der Waals surface area (Å²) in [7, 11) is 0. The molecular formula is C10H5ClF2N2O2. The number of anilines is 1. The Bertz CT molecular complexity index is 633. The zero-order valence-corrected chi connectivity index (χ0v) is 8.96. The number of alkyl halides is 2. The minimum atomic E-state index is -3.66. The number of aromatic nitrogens is 1. The average Bonchev–Trinajstić information content (AvgIpc) is 2.54. The van der Waals surface area contributed by atoms with Crippen molar-refractivity contribution in [2.45, 2.75) is 6.29 Å². The number of hydrogen-bond donors (Lipinski definition) is 1. The third kappa shape index (κ3) is 1.52. The zero-order chi connectivity index (χ0) is 12.2. The van der Waals surface area contributed by atoms with Crippen molar-refractivity contribution >= 4 is 28.2 Å². The van der Waals surface area contributed by atoms with Crippen molar-refractivity contribution in [2.24, 2.45) is 0 Å². The van der Waals surface area contributed by atoms with Crippen molar-refractivity contribution in [3.63, 3.8) is 0 Å². The van der Waals surface area contributed by atoms with Crippen LogP contribution in [-0.4, -0.2) is 11.3 Å². The van der Waals surface area contributed by atoms with Crippen LogP contribution < -0.4 is 15.2 Å². The van der Waals surface area contributed by atoms with Gasteiger partial charge in [0.1, 0.15) is 0 Å². The van der Waals surface area contributed by atoms with Gasteiger partial charge >= 0.3 is 6.29 Å². The lowest BCUT2D eigenvalue weighted by atomic mass is 10.2. The van der Waals surface area contributed by atoms with Gasteiger partial charge in [-0.25, -0.2) is 0 Å². The molecule has 2 N–H and O–H groups in total. The molecule has 1 aromatic heterocycles. The number of ether oxygens (including phenoxy) is 2. The minimum Gasteiger partial charge on any atom is -0.396 e. The Hall–Kier alpha value is -1.82. The van der Waals surface area contributed by atoms with E-state index in [9.17, 15) is 8.78 Å². The highest BCUT2D eigenvalue weighted by Gasteiger charge is 2.43. The van der Waals surface area contributed by atoms with Crippen LogP contribution in [0.25, 0.3) is 10.9 Å². The van der Waals surface area contributed by atoms with Gasteiger partial charge in [-0.15, -0.1) is 8.78 Å². The predicted molar refractivity (Wildman–Crippen MR) is 57.4 cm³/mol. The molecule has 0 unspecified atom stereocenters. The van der Waals surface area contributed by atoms with Crippen molar-refractivity contribution in [1.82, 2.24) is 4.98 Å². The maximum Gasteiger partial charge on any atom is 0.586 e. The molecule has 2 heterocycles. The van der Waals surface area contributed by atoms with Gasteiger partial charge in [0, 0.05) is 11.5 Å². The van der Waals surface area contributed by atoms with Crippen molar-refractivity contribution in [3.8, 4) is 11.5 Å². The molecule has 0 atom stereocenters. The van der Waals surface area contributed by atoms with E-state index in [1.54, 1.807) is 0 Å². The monoisotopic (exact) mass is 258 g/mol. The Morgan fingerprint density at radius 2 is 1.88 bits per heavy atom. The number of nitrogens with zero attached hydrogens (tertiary/aromatic N) is 1. The van der Waals surface area contributed by atoms with E-state index in [1.807, 2.05) is 0 Å². The van der Waals surface area contributed by atoms with Crippen LogP contribution in [0.15, 0.2) is 18.3 Å². The summed E-state index contributed by atoms with van der Waals surface area (Å²) in [6, 6.07) is 2.66. The van der Waals surface area contributed by atoms with E-state index in [1.165, 1.54) is 18.3 Å². The molecule has 0 fully saturated rings. The number of nitrogens with two attached hydrogens (primary N) is 1. The summed E-state index contributed by atoms with van der Waals surface area (Å²) in [5, 5.41) is 0.684. The van der Waals surface area contributed by atoms with Gasteiger partial charge in [0.2, 0.25) is 0 Å². The van der Waals surface area contributed by atoms with Gasteiger partial charge in [-0.2, -0.15) is 0 Å². The van der Waals surface area contributed by atoms with Crippen molar-refractivity contribution in [3.05, 3.63) is 23.4 Å². The highest BCUT2D eigenvalue weighted by Crippen LogP contribution is 2.44. The van der Waals surface area contributed by atoms with Crippen LogP contribution in [0.1, 0.15) is 0 Å². The van der Waals surface area contributed by atoms with Gasteiger partial charge in [0.15, 0.2) is 11.5 Å². The maximum absolute atomic E-state index is 12.8. The fourth-order valence-electron chi connectivity index (χ4n) is 1.62. The first-order valence-electron chi connectivity index (χ1n) is 4.60. The Labute approximate surface area is 98.9 Å². The predicted octanol–water partition coefficient (Wildman–Crippen LogP) is 2.79. The van der Waals surface area contributed by atoms with Gasteiger partial charge in [0.05, 0.1) is 22.4 Å². The number of benzene rings is 1. The van der Waals surface area contributed by atoms with Crippen LogP contribution in [0.3, 0.4) is 0 Å². The zero-order valence-electron chi connectivity index (χ0n) is 8.21. The quantitative estimate of drug-likeness (QED) is 0.789. The highest BCUT2D eigenvalue weighted by molar-refractivity contribution is 6.37. The number of nitrogen functional groups attached to an aromatic ring is 1. The van der Waals surface area contributed by atoms with Gasteiger partial charge in [-0.3, -0.25) is 4.98 Å². The van der Waals surface area contributed by atoms with Crippen molar-refractivity contribution in [2.75, 3.05) is 5.73 Å². The van der Waals surface area contributed by atoms with Crippen molar-refractivity contribution < 1.29 is 18.3 Å². The molecule has 0 saturated carbocycles. The Morgan fingerprint density at radius 3 is 2.59 bits per heavy atom. The molecule has 0 spiro atoms. The summed E-state index contributed by atoms with van der Waals surface area (Å²) < 4.78 is 34.3. The molecule has 17 heavy (non-hydrogen) atoms. The molecule has 1 aromatic carbocycles. The van der Waals surface area contributed by atoms with E-state index < -0.39 is 6.29 Å². The summed E-state index contributed by atoms with van der Waals surface area (Å²) in [6.45, 7) is 0. The molecule has 0 radical (unpaired) electrons. The second-order valence-corrected chi connectivity index (χ2v) is 3.89. The second kappa shape index (κ2) is 3.10. The van der Waals surface area contributed by atoms with Crippen LogP contribution in [0.2, 0.25) is 5.02 Å². The van der Waals surface area contributed by atoms with Gasteiger partial charge in [-0.05, 0) is 6.07 Å². The molecule has 0 aliphatic carbocycles. The second-order valence-electron chi connectivity index (χ2n) is 3.51. The van der Waals surface area contributed by atoms with E-state index in [0.717, 1.165) is 0 Å². The molecule has 2 aromatic rings. The van der Waals surface area contributed by atoms with Crippen LogP contribution in [0.4, 0.5) is 14.5 Å². The van der Waals surface area contributed by atoms with E-state index >= 15 is 0 Å². The molecule has 1 aliphatic heterocycles. The summed E-state index contributed by atoms with van der Waals surface area (Å²) >= 11 is 5.95. The lowest BCUT2D eigenvalue weighted by Gasteiger charge is -2.04. The number of rotatable bonds is 0. The summed E-state index contributed by atoms with van der Waals surface area (Å²) in [6.07, 6.45) is -2.30. The first-order chi connectivity index (χ1) is 7.96. The third-order valence-electron chi connectivity index (χ3n) is 2.35. The maximum atomic E-state index is 12.8. The number of fused-ring (bicyclic) bond motifs is 2. The van der Waals surface area contributed by atoms with Crippen LogP contribution in [0.5, 0.6) is 11.5 Å². The molecule has 4 nitrogen and oxygen atoms in total.